The van der Waals surface area contributed by atoms with E-state index in [0.29, 0.717) is 6.54 Å². The zero-order valence-electron chi connectivity index (χ0n) is 16.3. The van der Waals surface area contributed by atoms with Crippen molar-refractivity contribution in [2.24, 2.45) is 0 Å². The number of aryl methyl sites for hydroxylation is 2. The monoisotopic (exact) mass is 413 g/mol. The first-order chi connectivity index (χ1) is 13.8. The fourth-order valence-electron chi connectivity index (χ4n) is 2.76. The first-order valence-corrected chi connectivity index (χ1v) is 11.0. The molecular formula is C21H23N3O4S. The quantitative estimate of drug-likeness (QED) is 0.609. The van der Waals surface area contributed by atoms with Gasteiger partial charge in [-0.05, 0) is 30.5 Å². The van der Waals surface area contributed by atoms with E-state index < -0.39 is 15.7 Å². The molecule has 3 aromatic rings. The maximum Gasteiger partial charge on any atom is 0.315 e. The molecule has 0 saturated carbocycles. The number of benzene rings is 2. The zero-order chi connectivity index (χ0) is 20.9. The van der Waals surface area contributed by atoms with E-state index >= 15 is 0 Å². The van der Waals surface area contributed by atoms with Crippen LogP contribution in [0.15, 0.2) is 64.0 Å². The average Bonchev–Trinajstić information content (AvgIpc) is 3.20. The van der Waals surface area contributed by atoms with E-state index in [1.54, 1.807) is 24.3 Å². The van der Waals surface area contributed by atoms with Crippen molar-refractivity contribution in [2.75, 3.05) is 12.3 Å². The van der Waals surface area contributed by atoms with E-state index in [1.807, 2.05) is 44.2 Å². The number of aromatic nitrogens is 2. The highest BCUT2D eigenvalue weighted by molar-refractivity contribution is 7.91. The topological polar surface area (TPSA) is 102 Å². The van der Waals surface area contributed by atoms with Crippen LogP contribution in [0.2, 0.25) is 0 Å². The molecule has 0 bridgehead atoms. The SMILES string of the molecule is Cc1ccc(S(=O)(=O)CCc2noc(C(=O)NC[C@H](C)c3ccccc3)n2)cc1. The van der Waals surface area contributed by atoms with Gasteiger partial charge >= 0.3 is 11.8 Å². The largest absolute Gasteiger partial charge is 0.347 e. The smallest absolute Gasteiger partial charge is 0.315 e. The molecule has 2 aromatic carbocycles. The third-order valence-corrected chi connectivity index (χ3v) is 6.31. The van der Waals surface area contributed by atoms with E-state index in [4.69, 9.17) is 4.52 Å². The van der Waals surface area contributed by atoms with E-state index in [1.165, 1.54) is 0 Å². The number of nitrogens with zero attached hydrogens (tertiary/aromatic N) is 2. The molecule has 152 valence electrons. The number of nitrogens with one attached hydrogen (secondary N) is 1. The number of carbonyl (C=O) groups is 1. The molecule has 1 aromatic heterocycles. The number of sulfone groups is 1. The van der Waals surface area contributed by atoms with Gasteiger partial charge in [0.25, 0.3) is 0 Å². The fourth-order valence-corrected chi connectivity index (χ4v) is 4.00. The van der Waals surface area contributed by atoms with Gasteiger partial charge in [0.15, 0.2) is 15.7 Å². The molecule has 1 N–H and O–H groups in total. The number of hydrogen-bond donors (Lipinski definition) is 1. The maximum atomic E-state index is 12.4. The molecule has 3 rings (SSSR count). The Kier molecular flexibility index (Phi) is 6.43. The standard InChI is InChI=1S/C21H23N3O4S/c1-15-8-10-18(11-9-15)29(26,27)13-12-19-23-21(28-24-19)20(25)22-14-16(2)17-6-4-3-5-7-17/h3-11,16H,12-14H2,1-2H3,(H,22,25)/t16-/m0/s1. The van der Waals surface area contributed by atoms with Gasteiger partial charge in [-0.3, -0.25) is 4.79 Å². The van der Waals surface area contributed by atoms with E-state index in [0.717, 1.165) is 11.1 Å². The Morgan fingerprint density at radius 1 is 1.10 bits per heavy atom. The van der Waals surface area contributed by atoms with Crippen molar-refractivity contribution >= 4 is 15.7 Å². The number of carbonyl (C=O) groups excluding carboxylic acids is 1. The Balaban J connectivity index is 1.54. The summed E-state index contributed by atoms with van der Waals surface area (Å²) in [7, 11) is -3.46. The highest BCUT2D eigenvalue weighted by Crippen LogP contribution is 2.14. The van der Waals surface area contributed by atoms with Crippen molar-refractivity contribution < 1.29 is 17.7 Å². The second-order valence-electron chi connectivity index (χ2n) is 6.92. The van der Waals surface area contributed by atoms with Crippen molar-refractivity contribution in [3.63, 3.8) is 0 Å². The van der Waals surface area contributed by atoms with E-state index in [2.05, 4.69) is 15.5 Å². The van der Waals surface area contributed by atoms with Crippen LogP contribution >= 0.6 is 0 Å². The van der Waals surface area contributed by atoms with Gasteiger partial charge in [0.05, 0.1) is 10.6 Å². The van der Waals surface area contributed by atoms with Gasteiger partial charge in [0.2, 0.25) is 0 Å². The van der Waals surface area contributed by atoms with Gasteiger partial charge in [-0.1, -0.05) is 60.1 Å². The van der Waals surface area contributed by atoms with Gasteiger partial charge in [0, 0.05) is 13.0 Å². The molecule has 0 unspecified atom stereocenters. The molecule has 8 heteroatoms. The van der Waals surface area contributed by atoms with Crippen LogP contribution in [0.4, 0.5) is 0 Å². The predicted octanol–water partition coefficient (Wildman–Crippen LogP) is 2.93. The van der Waals surface area contributed by atoms with Crippen LogP contribution in [0.3, 0.4) is 0 Å². The van der Waals surface area contributed by atoms with Crippen LogP contribution < -0.4 is 5.32 Å². The second kappa shape index (κ2) is 9.00. The van der Waals surface area contributed by atoms with Crippen LogP contribution in [0.25, 0.3) is 0 Å². The minimum absolute atomic E-state index is 0.0629. The average molecular weight is 413 g/mol. The van der Waals surface area contributed by atoms with Gasteiger partial charge in [-0.25, -0.2) is 8.42 Å². The molecule has 7 nitrogen and oxygen atoms in total. The summed E-state index contributed by atoms with van der Waals surface area (Å²) in [6, 6.07) is 16.5. The lowest BCUT2D eigenvalue weighted by Gasteiger charge is -2.11. The fraction of sp³-hybridized carbons (Fsp3) is 0.286. The van der Waals surface area contributed by atoms with E-state index in [9.17, 15) is 13.2 Å². The highest BCUT2D eigenvalue weighted by atomic mass is 32.2. The predicted molar refractivity (Wildman–Crippen MR) is 108 cm³/mol. The highest BCUT2D eigenvalue weighted by Gasteiger charge is 2.19. The van der Waals surface area contributed by atoms with Crippen LogP contribution in [0.1, 0.15) is 40.5 Å². The third kappa shape index (κ3) is 5.51. The molecule has 0 saturated heterocycles. The third-order valence-electron chi connectivity index (χ3n) is 4.57. The van der Waals surface area contributed by atoms with Crippen LogP contribution in [0.5, 0.6) is 0 Å². The summed E-state index contributed by atoms with van der Waals surface area (Å²) in [5, 5.41) is 6.48. The molecule has 1 heterocycles. The Labute approximate surface area is 170 Å². The van der Waals surface area contributed by atoms with Gasteiger partial charge in [0.1, 0.15) is 0 Å². The Morgan fingerprint density at radius 3 is 2.48 bits per heavy atom. The second-order valence-corrected chi connectivity index (χ2v) is 9.03. The van der Waals surface area contributed by atoms with Gasteiger partial charge in [-0.2, -0.15) is 4.98 Å². The summed E-state index contributed by atoms with van der Waals surface area (Å²) in [6.45, 7) is 4.32. The van der Waals surface area contributed by atoms with Crippen LogP contribution in [0, 0.1) is 6.92 Å². The van der Waals surface area contributed by atoms with Crippen molar-refractivity contribution in [3.8, 4) is 0 Å². The minimum Gasteiger partial charge on any atom is -0.347 e. The molecule has 0 spiro atoms. The number of amides is 1. The minimum atomic E-state index is -3.46. The summed E-state index contributed by atoms with van der Waals surface area (Å²) < 4.78 is 29.8. The normalized spacial score (nSPS) is 12.5. The summed E-state index contributed by atoms with van der Waals surface area (Å²) in [6.07, 6.45) is 0.0629. The maximum absolute atomic E-state index is 12.4. The van der Waals surface area contributed by atoms with Crippen LogP contribution in [-0.4, -0.2) is 36.8 Å². The molecular weight excluding hydrogens is 390 g/mol. The van der Waals surface area contributed by atoms with Gasteiger partial charge < -0.3 is 9.84 Å². The Bertz CT molecular complexity index is 1060. The Morgan fingerprint density at radius 2 is 1.79 bits per heavy atom. The summed E-state index contributed by atoms with van der Waals surface area (Å²) in [5.41, 5.74) is 2.10. The molecule has 0 aliphatic carbocycles. The lowest BCUT2D eigenvalue weighted by atomic mass is 10.0. The lowest BCUT2D eigenvalue weighted by molar-refractivity contribution is 0.0907. The van der Waals surface area contributed by atoms with Crippen molar-refractivity contribution in [1.29, 1.82) is 0 Å². The lowest BCUT2D eigenvalue weighted by Crippen LogP contribution is -2.27. The molecule has 0 radical (unpaired) electrons. The van der Waals surface area contributed by atoms with Crippen molar-refractivity contribution in [1.82, 2.24) is 15.5 Å². The van der Waals surface area contributed by atoms with Crippen LogP contribution in [-0.2, 0) is 16.3 Å². The first kappa shape index (κ1) is 20.7. The molecule has 0 aliphatic rings. The first-order valence-electron chi connectivity index (χ1n) is 9.30. The number of rotatable bonds is 8. The number of hydrogen-bond acceptors (Lipinski definition) is 6. The zero-order valence-corrected chi connectivity index (χ0v) is 17.1. The van der Waals surface area contributed by atoms with E-state index in [-0.39, 0.29) is 34.7 Å². The Hall–Kier alpha value is -3.00. The summed E-state index contributed by atoms with van der Waals surface area (Å²) in [5.74, 6) is -0.508. The van der Waals surface area contributed by atoms with Crippen molar-refractivity contribution in [3.05, 3.63) is 77.4 Å². The molecule has 1 amide bonds. The molecule has 0 fully saturated rings. The molecule has 1 atom stereocenters. The summed E-state index contributed by atoms with van der Waals surface area (Å²) >= 11 is 0. The molecule has 0 aliphatic heterocycles. The van der Waals surface area contributed by atoms with Gasteiger partial charge in [-0.15, -0.1) is 0 Å². The molecule has 29 heavy (non-hydrogen) atoms. The summed E-state index contributed by atoms with van der Waals surface area (Å²) in [4.78, 5) is 16.5. The van der Waals surface area contributed by atoms with Crippen molar-refractivity contribution in [2.45, 2.75) is 31.1 Å².